The highest BCUT2D eigenvalue weighted by molar-refractivity contribution is 6.32. The van der Waals surface area contributed by atoms with Gasteiger partial charge in [-0.2, -0.15) is 0 Å². The van der Waals surface area contributed by atoms with Crippen LogP contribution in [0.15, 0.2) is 0 Å². The van der Waals surface area contributed by atoms with Gasteiger partial charge in [-0.1, -0.05) is 0 Å². The van der Waals surface area contributed by atoms with Crippen LogP contribution in [-0.2, 0) is 0 Å². The van der Waals surface area contributed by atoms with Crippen LogP contribution in [0.5, 0.6) is 0 Å². The number of aliphatic hydroxyl groups is 8. The number of rotatable bonds is 0. The molecule has 0 saturated heterocycles. The van der Waals surface area contributed by atoms with E-state index in [1.54, 1.807) is 55.4 Å². The van der Waals surface area contributed by atoms with Crippen molar-refractivity contribution in [3.8, 4) is 0 Å². The quantitative estimate of drug-likeness (QED) is 0.0895. The van der Waals surface area contributed by atoms with Crippen LogP contribution in [-0.4, -0.2) is 163 Å². The first-order valence-electron chi connectivity index (χ1n) is 11.1. The van der Waals surface area contributed by atoms with Gasteiger partial charge in [0, 0.05) is 52.9 Å². The average molecular weight is 624 g/mol. The minimum Gasteiger partial charge on any atom is -0.398 e. The summed E-state index contributed by atoms with van der Waals surface area (Å²) in [4.78, 5) is 0. The minimum absolute atomic E-state index is 0.250. The Morgan fingerprint density at radius 3 is 0.275 bits per heavy atom. The maximum atomic E-state index is 10.1. The highest BCUT2D eigenvalue weighted by atomic mass is 19.1. The third-order valence-corrected chi connectivity index (χ3v) is 0. The molecule has 0 aliphatic heterocycles. The Labute approximate surface area is 236 Å². The third-order valence-electron chi connectivity index (χ3n) is 0. The molecule has 0 radical (unpaired) electrons. The SMILES string of the molecule is CCO.CCO.CCO.CCO.CCO.CCO.CCO.CCO.OB(O)F.OB(O)F.OB(O)F.OB(O)F. The Morgan fingerprint density at radius 1 is 0.275 bits per heavy atom. The van der Waals surface area contributed by atoms with E-state index in [1.807, 2.05) is 0 Å². The number of hydrogen-bond acceptors (Lipinski definition) is 16. The van der Waals surface area contributed by atoms with E-state index in [1.165, 1.54) is 0 Å². The standard InChI is InChI=1S/8C2H6O.4BFH2O2/c8*1-2-3;4*2-1(3)4/h8*3H,2H2,1H3;4*3-4H. The summed E-state index contributed by atoms with van der Waals surface area (Å²) < 4.78 is 40.4. The fraction of sp³-hybridized carbons (Fsp3) is 1.00. The van der Waals surface area contributed by atoms with E-state index in [-0.39, 0.29) is 52.9 Å². The summed E-state index contributed by atoms with van der Waals surface area (Å²) in [7, 11) is -10.7. The zero-order chi connectivity index (χ0) is 36.0. The van der Waals surface area contributed by atoms with Crippen LogP contribution in [0.3, 0.4) is 0 Å². The molecule has 0 aromatic heterocycles. The van der Waals surface area contributed by atoms with Crippen molar-refractivity contribution in [3.63, 3.8) is 0 Å². The van der Waals surface area contributed by atoms with Crippen molar-refractivity contribution in [2.45, 2.75) is 55.4 Å². The second kappa shape index (κ2) is 143. The first-order chi connectivity index (χ1) is 18.2. The third kappa shape index (κ3) is 113000. The second-order valence-electron chi connectivity index (χ2n) is 3.77. The highest BCUT2D eigenvalue weighted by Crippen LogP contribution is 1.58. The van der Waals surface area contributed by atoms with Gasteiger partial charge in [-0.3, -0.25) is 17.3 Å². The molecule has 0 unspecified atom stereocenters. The molecule has 0 fully saturated rings. The molecule has 16 nitrogen and oxygen atoms in total. The van der Waals surface area contributed by atoms with Crippen molar-refractivity contribution in [3.05, 3.63) is 0 Å². The summed E-state index contributed by atoms with van der Waals surface area (Å²) in [5, 5.41) is 116. The average Bonchev–Trinajstić information content (AvgIpc) is 2.71. The van der Waals surface area contributed by atoms with Gasteiger partial charge in [-0.15, -0.1) is 0 Å². The molecule has 0 spiro atoms. The van der Waals surface area contributed by atoms with E-state index in [9.17, 15) is 17.3 Å². The summed E-state index contributed by atoms with van der Waals surface area (Å²) in [6.07, 6.45) is 0. The van der Waals surface area contributed by atoms with Gasteiger partial charge in [-0.05, 0) is 55.4 Å². The summed E-state index contributed by atoms with van der Waals surface area (Å²) >= 11 is 0. The van der Waals surface area contributed by atoms with Gasteiger partial charge in [0.2, 0.25) is 0 Å². The van der Waals surface area contributed by atoms with Gasteiger partial charge in [0.05, 0.1) is 0 Å². The topological polar surface area (TPSA) is 324 Å². The van der Waals surface area contributed by atoms with E-state index >= 15 is 0 Å². The van der Waals surface area contributed by atoms with Crippen molar-refractivity contribution in [2.75, 3.05) is 52.9 Å². The van der Waals surface area contributed by atoms with Gasteiger partial charge in [0.15, 0.2) is 0 Å². The molecule has 40 heavy (non-hydrogen) atoms. The van der Waals surface area contributed by atoms with Crippen LogP contribution in [0.1, 0.15) is 55.4 Å². The number of halogens is 4. The monoisotopic (exact) mass is 624 g/mol. The zero-order valence-electron chi connectivity index (χ0n) is 24.6. The summed E-state index contributed by atoms with van der Waals surface area (Å²) in [6.45, 7) is 15.4. The predicted octanol–water partition coefficient (Wildman–Crippen LogP) is -4.31. The van der Waals surface area contributed by atoms with Crippen molar-refractivity contribution < 1.29 is 98.3 Å². The Kier molecular flexibility index (Phi) is 276. The van der Waals surface area contributed by atoms with E-state index in [4.69, 9.17) is 81.0 Å². The molecule has 0 heterocycles. The highest BCUT2D eigenvalue weighted by Gasteiger charge is 1.98. The Morgan fingerprint density at radius 2 is 0.275 bits per heavy atom. The Bertz CT molecular complexity index is 175. The molecule has 0 bridgehead atoms. The molecule has 0 aliphatic carbocycles. The van der Waals surface area contributed by atoms with Crippen LogP contribution < -0.4 is 0 Å². The van der Waals surface area contributed by atoms with Crippen LogP contribution >= 0.6 is 0 Å². The summed E-state index contributed by atoms with van der Waals surface area (Å²) in [5.41, 5.74) is 0. The fourth-order valence-electron chi connectivity index (χ4n) is 0. The van der Waals surface area contributed by atoms with Crippen molar-refractivity contribution in [1.82, 2.24) is 0 Å². The van der Waals surface area contributed by atoms with Gasteiger partial charge in [0.25, 0.3) is 0 Å². The molecule has 0 atom stereocenters. The minimum atomic E-state index is -2.67. The predicted molar refractivity (Wildman–Crippen MR) is 147 cm³/mol. The van der Waals surface area contributed by atoms with Crippen molar-refractivity contribution in [2.24, 2.45) is 0 Å². The summed E-state index contributed by atoms with van der Waals surface area (Å²) in [6, 6.07) is 0. The smallest absolute Gasteiger partial charge is 0.398 e. The van der Waals surface area contributed by atoms with Gasteiger partial charge >= 0.3 is 29.6 Å². The molecule has 24 heteroatoms. The first-order valence-corrected chi connectivity index (χ1v) is 11.1. The van der Waals surface area contributed by atoms with E-state index in [0.717, 1.165) is 0 Å². The molecule has 0 aliphatic rings. The molecule has 0 aromatic carbocycles. The number of hydrogen-bond donors (Lipinski definition) is 16. The van der Waals surface area contributed by atoms with Crippen molar-refractivity contribution >= 4 is 29.6 Å². The normalized spacial score (nSPS) is 6.30. The van der Waals surface area contributed by atoms with E-state index in [0.29, 0.717) is 0 Å². The maximum Gasteiger partial charge on any atom is 0.674 e. The molecule has 0 amide bonds. The summed E-state index contributed by atoms with van der Waals surface area (Å²) in [5.74, 6) is 0. The van der Waals surface area contributed by atoms with Crippen molar-refractivity contribution in [1.29, 1.82) is 0 Å². The lowest BCUT2D eigenvalue weighted by molar-refractivity contribution is 0.318. The number of aliphatic hydroxyl groups excluding tert-OH is 8. The van der Waals surface area contributed by atoms with Crippen LogP contribution in [0.25, 0.3) is 0 Å². The Balaban J connectivity index is -0.0000000214. The molecule has 256 valence electrons. The van der Waals surface area contributed by atoms with Crippen LogP contribution in [0.4, 0.5) is 17.3 Å². The lowest BCUT2D eigenvalue weighted by Crippen LogP contribution is -1.98. The largest absolute Gasteiger partial charge is 0.674 e. The van der Waals surface area contributed by atoms with Crippen LogP contribution in [0.2, 0.25) is 0 Å². The fourth-order valence-corrected chi connectivity index (χ4v) is 0. The van der Waals surface area contributed by atoms with E-state index in [2.05, 4.69) is 0 Å². The van der Waals surface area contributed by atoms with Gasteiger partial charge in [0.1, 0.15) is 0 Å². The molecule has 16 N–H and O–H groups in total. The Hall–Kier alpha value is -0.660. The molecular weight excluding hydrogens is 567 g/mol. The van der Waals surface area contributed by atoms with E-state index < -0.39 is 29.6 Å². The molecule has 0 aromatic rings. The lowest BCUT2D eigenvalue weighted by Gasteiger charge is -1.65. The van der Waals surface area contributed by atoms with Gasteiger partial charge < -0.3 is 81.0 Å². The molecule has 0 saturated carbocycles. The zero-order valence-corrected chi connectivity index (χ0v) is 24.6. The molecular formula is C16H56B4F4O16. The maximum absolute atomic E-state index is 10.1. The lowest BCUT2D eigenvalue weighted by atomic mass is 10.3. The first kappa shape index (κ1) is 77.4. The van der Waals surface area contributed by atoms with Crippen LogP contribution in [0, 0.1) is 0 Å². The second-order valence-corrected chi connectivity index (χ2v) is 3.77. The molecule has 0 rings (SSSR count). The van der Waals surface area contributed by atoms with Gasteiger partial charge in [-0.25, -0.2) is 0 Å².